The van der Waals surface area contributed by atoms with Crippen LogP contribution in [0.25, 0.3) is 0 Å². The molecule has 0 unspecified atom stereocenters. The highest BCUT2D eigenvalue weighted by atomic mass is 19.3. The Balaban J connectivity index is 1.42. The third kappa shape index (κ3) is 4.81. The predicted molar refractivity (Wildman–Crippen MR) is 130 cm³/mol. The number of hydrogen-bond donors (Lipinski definition) is 1. The van der Waals surface area contributed by atoms with Gasteiger partial charge >= 0.3 is 6.03 Å². The van der Waals surface area contributed by atoms with Crippen LogP contribution in [0.1, 0.15) is 51.0 Å². The lowest BCUT2D eigenvalue weighted by atomic mass is 9.80. The van der Waals surface area contributed by atoms with E-state index < -0.39 is 23.3 Å². The molecule has 2 aromatic carbocycles. The summed E-state index contributed by atoms with van der Waals surface area (Å²) in [5, 5.41) is 3.39. The first-order valence-electron chi connectivity index (χ1n) is 12.4. The number of benzene rings is 2. The van der Waals surface area contributed by atoms with Gasteiger partial charge in [-0.2, -0.15) is 4.99 Å². The first kappa shape index (κ1) is 23.9. The zero-order chi connectivity index (χ0) is 24.6. The number of piperidine rings is 1. The SMILES string of the molecule is C[C@H]1C[C@]2(CCN1Cc1ccccc1)C(NC1CCC(F)(F)CC1)=NC(=O)N2c1cccc(F)c1. The lowest BCUT2D eigenvalue weighted by Crippen LogP contribution is -2.64. The first-order valence-corrected chi connectivity index (χ1v) is 12.4. The summed E-state index contributed by atoms with van der Waals surface area (Å²) in [6.45, 7) is 3.65. The molecule has 35 heavy (non-hydrogen) atoms. The topological polar surface area (TPSA) is 47.9 Å². The highest BCUT2D eigenvalue weighted by Crippen LogP contribution is 2.42. The highest BCUT2D eigenvalue weighted by molar-refractivity contribution is 6.16. The Kier molecular flexibility index (Phi) is 6.34. The molecular weight excluding hydrogens is 453 g/mol. The van der Waals surface area contributed by atoms with Gasteiger partial charge in [0.15, 0.2) is 0 Å². The molecule has 2 amide bonds. The van der Waals surface area contributed by atoms with E-state index in [0.717, 1.165) is 13.1 Å². The summed E-state index contributed by atoms with van der Waals surface area (Å²) in [6.07, 6.45) is 1.53. The van der Waals surface area contributed by atoms with Crippen molar-refractivity contribution in [2.75, 3.05) is 11.4 Å². The fraction of sp³-hybridized carbons (Fsp3) is 0.481. The maximum atomic E-state index is 14.2. The molecule has 3 aliphatic rings. The average Bonchev–Trinajstić information content (AvgIpc) is 3.08. The highest BCUT2D eigenvalue weighted by Gasteiger charge is 2.54. The second kappa shape index (κ2) is 9.30. The molecule has 5 nitrogen and oxygen atoms in total. The molecule has 1 saturated carbocycles. The minimum absolute atomic E-state index is 0.119. The third-order valence-electron chi connectivity index (χ3n) is 7.69. The second-order valence-electron chi connectivity index (χ2n) is 10.1. The van der Waals surface area contributed by atoms with Gasteiger partial charge < -0.3 is 5.32 Å². The lowest BCUT2D eigenvalue weighted by molar-refractivity contribution is -0.0391. The predicted octanol–water partition coefficient (Wildman–Crippen LogP) is 5.76. The van der Waals surface area contributed by atoms with E-state index in [1.165, 1.54) is 17.7 Å². The van der Waals surface area contributed by atoms with Gasteiger partial charge in [0.2, 0.25) is 5.92 Å². The van der Waals surface area contributed by atoms with Crippen LogP contribution in [-0.4, -0.2) is 46.9 Å². The number of amidine groups is 1. The minimum atomic E-state index is -2.63. The number of nitrogens with one attached hydrogen (secondary N) is 1. The summed E-state index contributed by atoms with van der Waals surface area (Å²) >= 11 is 0. The number of hydrogen-bond acceptors (Lipinski definition) is 3. The Hall–Kier alpha value is -2.87. The molecule has 186 valence electrons. The van der Waals surface area contributed by atoms with Crippen LogP contribution >= 0.6 is 0 Å². The van der Waals surface area contributed by atoms with Crippen molar-refractivity contribution in [3.05, 3.63) is 66.0 Å². The summed E-state index contributed by atoms with van der Waals surface area (Å²) in [6, 6.07) is 15.8. The van der Waals surface area contributed by atoms with Gasteiger partial charge in [-0.3, -0.25) is 9.80 Å². The van der Waals surface area contributed by atoms with Gasteiger partial charge in [-0.15, -0.1) is 0 Å². The van der Waals surface area contributed by atoms with E-state index in [2.05, 4.69) is 34.3 Å². The molecule has 0 bridgehead atoms. The first-order chi connectivity index (χ1) is 16.8. The van der Waals surface area contributed by atoms with Crippen LogP contribution in [-0.2, 0) is 6.54 Å². The summed E-state index contributed by atoms with van der Waals surface area (Å²) < 4.78 is 41.6. The van der Waals surface area contributed by atoms with E-state index in [1.807, 2.05) is 18.2 Å². The number of alkyl halides is 2. The van der Waals surface area contributed by atoms with E-state index in [-0.39, 0.29) is 24.9 Å². The smallest absolute Gasteiger partial charge is 0.350 e. The number of nitrogens with zero attached hydrogens (tertiary/aromatic N) is 3. The van der Waals surface area contributed by atoms with Crippen LogP contribution in [0.5, 0.6) is 0 Å². The van der Waals surface area contributed by atoms with E-state index in [0.29, 0.717) is 37.2 Å². The third-order valence-corrected chi connectivity index (χ3v) is 7.69. The van der Waals surface area contributed by atoms with Crippen molar-refractivity contribution in [3.8, 4) is 0 Å². The minimum Gasteiger partial charge on any atom is -0.369 e. The van der Waals surface area contributed by atoms with Gasteiger partial charge in [-0.05, 0) is 56.4 Å². The van der Waals surface area contributed by atoms with Crippen molar-refractivity contribution in [3.63, 3.8) is 0 Å². The number of amides is 2. The Bertz CT molecular complexity index is 1100. The second-order valence-corrected chi connectivity index (χ2v) is 10.1. The van der Waals surface area contributed by atoms with E-state index in [4.69, 9.17) is 0 Å². The molecule has 5 rings (SSSR count). The average molecular weight is 485 g/mol. The van der Waals surface area contributed by atoms with Crippen molar-refractivity contribution in [1.29, 1.82) is 0 Å². The van der Waals surface area contributed by atoms with Crippen molar-refractivity contribution in [2.45, 2.75) is 75.5 Å². The molecule has 1 saturated heterocycles. The van der Waals surface area contributed by atoms with Gasteiger partial charge in [0, 0.05) is 43.7 Å². The number of rotatable bonds is 4. The van der Waals surface area contributed by atoms with Crippen molar-refractivity contribution >= 4 is 17.6 Å². The van der Waals surface area contributed by atoms with Gasteiger partial charge in [-0.1, -0.05) is 36.4 Å². The van der Waals surface area contributed by atoms with E-state index >= 15 is 0 Å². The van der Waals surface area contributed by atoms with Crippen molar-refractivity contribution in [1.82, 2.24) is 10.2 Å². The van der Waals surface area contributed by atoms with E-state index in [9.17, 15) is 18.0 Å². The Morgan fingerprint density at radius 2 is 1.80 bits per heavy atom. The number of carbonyl (C=O) groups is 1. The monoisotopic (exact) mass is 484 g/mol. The molecule has 2 aromatic rings. The molecule has 1 spiro atoms. The summed E-state index contributed by atoms with van der Waals surface area (Å²) in [7, 11) is 0. The summed E-state index contributed by atoms with van der Waals surface area (Å²) in [4.78, 5) is 21.6. The maximum absolute atomic E-state index is 14.2. The van der Waals surface area contributed by atoms with Crippen LogP contribution < -0.4 is 10.2 Å². The fourth-order valence-electron chi connectivity index (χ4n) is 5.80. The lowest BCUT2D eigenvalue weighted by Gasteiger charge is -2.48. The molecule has 2 atom stereocenters. The van der Waals surface area contributed by atoms with Gasteiger partial charge in [0.1, 0.15) is 17.2 Å². The zero-order valence-electron chi connectivity index (χ0n) is 19.9. The zero-order valence-corrected chi connectivity index (χ0v) is 19.9. The van der Waals surface area contributed by atoms with Gasteiger partial charge in [0.25, 0.3) is 0 Å². The van der Waals surface area contributed by atoms with Gasteiger partial charge in [0.05, 0.1) is 0 Å². The molecule has 0 aromatic heterocycles. The van der Waals surface area contributed by atoms with Crippen LogP contribution in [0.2, 0.25) is 0 Å². The number of aliphatic imine (C=N–C) groups is 1. The molecule has 2 aliphatic heterocycles. The standard InChI is InChI=1S/C27H31F3N4O/c1-19-17-26(14-15-33(19)18-20-6-3-2-4-7-20)24(31-22-10-12-27(29,30)13-11-22)32-25(35)34(26)23-9-5-8-21(28)16-23/h2-9,16,19,22H,10-15,17-18H2,1H3,(H,31,32,35)/t19-,26+/m0/s1. The summed E-state index contributed by atoms with van der Waals surface area (Å²) in [5.74, 6) is -2.52. The summed E-state index contributed by atoms with van der Waals surface area (Å²) in [5.41, 5.74) is 0.918. The quantitative estimate of drug-likeness (QED) is 0.601. The molecule has 1 N–H and O–H groups in total. The molecule has 2 fully saturated rings. The normalized spacial score (nSPS) is 27.3. The molecule has 2 heterocycles. The van der Waals surface area contributed by atoms with Crippen LogP contribution in [0.15, 0.2) is 59.6 Å². The van der Waals surface area contributed by atoms with Crippen molar-refractivity contribution in [2.24, 2.45) is 4.99 Å². The Labute approximate surface area is 204 Å². The molecule has 8 heteroatoms. The number of urea groups is 1. The Morgan fingerprint density at radius 3 is 2.49 bits per heavy atom. The van der Waals surface area contributed by atoms with E-state index in [1.54, 1.807) is 17.0 Å². The van der Waals surface area contributed by atoms with Gasteiger partial charge in [-0.25, -0.2) is 18.0 Å². The van der Waals surface area contributed by atoms with Crippen LogP contribution in [0, 0.1) is 5.82 Å². The van der Waals surface area contributed by atoms with Crippen molar-refractivity contribution < 1.29 is 18.0 Å². The Morgan fingerprint density at radius 1 is 1.06 bits per heavy atom. The number of halogens is 3. The molecular formula is C27H31F3N4O. The fourth-order valence-corrected chi connectivity index (χ4v) is 5.80. The molecule has 0 radical (unpaired) electrons. The maximum Gasteiger partial charge on any atom is 0.350 e. The molecule has 1 aliphatic carbocycles. The number of likely N-dealkylation sites (tertiary alicyclic amines) is 1. The van der Waals surface area contributed by atoms with Crippen LogP contribution in [0.4, 0.5) is 23.7 Å². The largest absolute Gasteiger partial charge is 0.369 e. The van der Waals surface area contributed by atoms with Crippen LogP contribution in [0.3, 0.4) is 0 Å². The number of anilines is 1. The number of carbonyl (C=O) groups excluding carboxylic acids is 1.